The number of nitrogens with one attached hydrogen (secondary N) is 1. The van der Waals surface area contributed by atoms with E-state index in [0.29, 0.717) is 12.4 Å². The predicted molar refractivity (Wildman–Crippen MR) is 63.7 cm³/mol. The van der Waals surface area contributed by atoms with E-state index in [1.807, 2.05) is 0 Å². The van der Waals surface area contributed by atoms with Crippen LogP contribution in [0.25, 0.3) is 0 Å². The number of nitrogens with zero attached hydrogens (tertiary/aromatic N) is 3. The van der Waals surface area contributed by atoms with Gasteiger partial charge in [-0.3, -0.25) is 19.8 Å². The Hall–Kier alpha value is -1.76. The van der Waals surface area contributed by atoms with Crippen LogP contribution in [0.3, 0.4) is 0 Å². The smallest absolute Gasteiger partial charge is 0.247 e. The molecule has 0 aromatic carbocycles. The van der Waals surface area contributed by atoms with E-state index in [9.17, 15) is 9.59 Å². The Morgan fingerprint density at radius 3 is 2.84 bits per heavy atom. The van der Waals surface area contributed by atoms with Crippen LogP contribution < -0.4 is 5.32 Å². The lowest BCUT2D eigenvalue weighted by Crippen LogP contribution is -2.42. The average Bonchev–Trinajstić information content (AvgIpc) is 3.09. The quantitative estimate of drug-likeness (QED) is 0.783. The van der Waals surface area contributed by atoms with E-state index in [4.69, 9.17) is 0 Å². The van der Waals surface area contributed by atoms with E-state index in [-0.39, 0.29) is 24.3 Å². The van der Waals surface area contributed by atoms with Gasteiger partial charge in [0, 0.05) is 6.04 Å². The molecule has 0 spiro atoms. The number of likely N-dealkylation sites (tertiary alicyclic amines) is 1. The maximum atomic E-state index is 12.2. The molecular weight excluding hydrogens is 248 g/mol. The van der Waals surface area contributed by atoms with Crippen LogP contribution in [0.15, 0.2) is 10.9 Å². The molecule has 1 N–H and O–H groups in total. The molecule has 2 aliphatic rings. The zero-order valence-corrected chi connectivity index (χ0v) is 10.5. The number of hydrogen-bond acceptors (Lipinski definition) is 6. The second kappa shape index (κ2) is 5.08. The fourth-order valence-electron chi connectivity index (χ4n) is 2.84. The summed E-state index contributed by atoms with van der Waals surface area (Å²) >= 11 is 0. The normalized spacial score (nSPS) is 24.6. The molecule has 1 aliphatic heterocycles. The highest BCUT2D eigenvalue weighted by atomic mass is 16.5. The predicted octanol–water partition coefficient (Wildman–Crippen LogP) is 0.229. The van der Waals surface area contributed by atoms with Crippen LogP contribution in [0.4, 0.5) is 0 Å². The number of amides is 2. The molecule has 0 bridgehead atoms. The van der Waals surface area contributed by atoms with Gasteiger partial charge in [-0.2, -0.15) is 4.98 Å². The molecule has 19 heavy (non-hydrogen) atoms. The number of carbonyl (C=O) groups excluding carboxylic acids is 2. The van der Waals surface area contributed by atoms with Crippen LogP contribution >= 0.6 is 0 Å². The van der Waals surface area contributed by atoms with Gasteiger partial charge >= 0.3 is 0 Å². The lowest BCUT2D eigenvalue weighted by Gasteiger charge is -2.22. The molecule has 0 radical (unpaired) electrons. The van der Waals surface area contributed by atoms with Crippen molar-refractivity contribution in [2.24, 2.45) is 0 Å². The third-order valence-corrected chi connectivity index (χ3v) is 3.79. The van der Waals surface area contributed by atoms with Gasteiger partial charge < -0.3 is 4.52 Å². The first-order valence-electron chi connectivity index (χ1n) is 6.60. The molecule has 1 saturated heterocycles. The van der Waals surface area contributed by atoms with Gasteiger partial charge in [0.15, 0.2) is 5.82 Å². The molecule has 1 aromatic rings. The lowest BCUT2D eigenvalue weighted by molar-refractivity contribution is -0.141. The van der Waals surface area contributed by atoms with Gasteiger partial charge in [0.1, 0.15) is 0 Å². The number of hydrogen-bond donors (Lipinski definition) is 1. The molecule has 102 valence electrons. The lowest BCUT2D eigenvalue weighted by atomic mass is 10.2. The molecule has 2 heterocycles. The summed E-state index contributed by atoms with van der Waals surface area (Å²) in [5.41, 5.74) is 0. The largest absolute Gasteiger partial charge is 0.343 e. The van der Waals surface area contributed by atoms with E-state index < -0.39 is 6.04 Å². The number of rotatable bonds is 4. The molecule has 7 nitrogen and oxygen atoms in total. The Bertz CT molecular complexity index is 467. The fraction of sp³-hybridized carbons (Fsp3) is 0.667. The molecule has 1 aliphatic carbocycles. The third kappa shape index (κ3) is 2.37. The summed E-state index contributed by atoms with van der Waals surface area (Å²) in [6.07, 6.45) is 5.55. The first-order valence-corrected chi connectivity index (χ1v) is 6.60. The van der Waals surface area contributed by atoms with Gasteiger partial charge in [0.05, 0.1) is 19.0 Å². The highest BCUT2D eigenvalue weighted by Gasteiger charge is 2.42. The van der Waals surface area contributed by atoms with Crippen molar-refractivity contribution >= 4 is 11.8 Å². The molecule has 1 atom stereocenters. The Morgan fingerprint density at radius 1 is 1.37 bits per heavy atom. The number of imide groups is 1. The summed E-state index contributed by atoms with van der Waals surface area (Å²) in [7, 11) is 0. The van der Waals surface area contributed by atoms with Crippen molar-refractivity contribution in [1.29, 1.82) is 0 Å². The summed E-state index contributed by atoms with van der Waals surface area (Å²) in [5.74, 6) is 0.308. The standard InChI is InChI=1S/C12H16N4O3/c17-11-5-9(13-6-10-14-7-19-15-10)12(18)16(11)8-3-1-2-4-8/h7-9,13H,1-6H2. The van der Waals surface area contributed by atoms with Crippen molar-refractivity contribution in [3.8, 4) is 0 Å². The average molecular weight is 264 g/mol. The summed E-state index contributed by atoms with van der Waals surface area (Å²) in [6.45, 7) is 0.332. The van der Waals surface area contributed by atoms with Crippen molar-refractivity contribution < 1.29 is 14.1 Å². The van der Waals surface area contributed by atoms with Crippen LogP contribution in [0.1, 0.15) is 37.9 Å². The maximum Gasteiger partial charge on any atom is 0.247 e. The minimum atomic E-state index is -0.452. The van der Waals surface area contributed by atoms with Gasteiger partial charge in [-0.15, -0.1) is 0 Å². The zero-order valence-electron chi connectivity index (χ0n) is 10.5. The fourth-order valence-corrected chi connectivity index (χ4v) is 2.84. The Kier molecular flexibility index (Phi) is 3.29. The van der Waals surface area contributed by atoms with Crippen LogP contribution in [0, 0.1) is 0 Å². The van der Waals surface area contributed by atoms with Gasteiger partial charge in [-0.25, -0.2) is 0 Å². The van der Waals surface area contributed by atoms with E-state index >= 15 is 0 Å². The molecule has 1 saturated carbocycles. The Morgan fingerprint density at radius 2 is 2.16 bits per heavy atom. The third-order valence-electron chi connectivity index (χ3n) is 3.79. The highest BCUT2D eigenvalue weighted by Crippen LogP contribution is 2.28. The Balaban J connectivity index is 1.61. The number of aromatic nitrogens is 2. The summed E-state index contributed by atoms with van der Waals surface area (Å²) < 4.78 is 4.62. The van der Waals surface area contributed by atoms with Gasteiger partial charge in [-0.1, -0.05) is 18.0 Å². The van der Waals surface area contributed by atoms with Gasteiger partial charge in [0.2, 0.25) is 18.2 Å². The van der Waals surface area contributed by atoms with Crippen molar-refractivity contribution in [3.05, 3.63) is 12.2 Å². The van der Waals surface area contributed by atoms with E-state index in [1.165, 1.54) is 11.3 Å². The second-order valence-electron chi connectivity index (χ2n) is 5.03. The molecule has 1 unspecified atom stereocenters. The molecule has 2 fully saturated rings. The minimum Gasteiger partial charge on any atom is -0.343 e. The van der Waals surface area contributed by atoms with E-state index in [1.54, 1.807) is 0 Å². The van der Waals surface area contributed by atoms with Crippen LogP contribution in [-0.2, 0) is 16.1 Å². The van der Waals surface area contributed by atoms with Crippen molar-refractivity contribution in [2.45, 2.75) is 50.7 Å². The molecule has 1 aromatic heterocycles. The van der Waals surface area contributed by atoms with E-state index in [2.05, 4.69) is 20.0 Å². The summed E-state index contributed by atoms with van der Waals surface area (Å²) in [4.78, 5) is 29.5. The first kappa shape index (κ1) is 12.3. The SMILES string of the molecule is O=C1CC(NCc2ncon2)C(=O)N1C1CCCC1. The van der Waals surface area contributed by atoms with Crippen LogP contribution in [0.5, 0.6) is 0 Å². The van der Waals surface area contributed by atoms with Crippen molar-refractivity contribution in [2.75, 3.05) is 0 Å². The maximum absolute atomic E-state index is 12.2. The highest BCUT2D eigenvalue weighted by molar-refractivity contribution is 6.05. The van der Waals surface area contributed by atoms with Crippen molar-refractivity contribution in [1.82, 2.24) is 20.4 Å². The zero-order chi connectivity index (χ0) is 13.2. The second-order valence-corrected chi connectivity index (χ2v) is 5.03. The van der Waals surface area contributed by atoms with Gasteiger partial charge in [-0.05, 0) is 12.8 Å². The molecule has 7 heteroatoms. The van der Waals surface area contributed by atoms with Crippen LogP contribution in [0.2, 0.25) is 0 Å². The summed E-state index contributed by atoms with van der Waals surface area (Å²) in [6, 6.07) is -0.344. The topological polar surface area (TPSA) is 88.3 Å². The molecule has 2 amide bonds. The number of carbonyl (C=O) groups is 2. The van der Waals surface area contributed by atoms with Crippen LogP contribution in [-0.4, -0.2) is 38.9 Å². The van der Waals surface area contributed by atoms with Crippen molar-refractivity contribution in [3.63, 3.8) is 0 Å². The molecule has 3 rings (SSSR count). The minimum absolute atomic E-state index is 0.0671. The monoisotopic (exact) mass is 264 g/mol. The van der Waals surface area contributed by atoms with Gasteiger partial charge in [0.25, 0.3) is 0 Å². The molecular formula is C12H16N4O3. The first-order chi connectivity index (χ1) is 9.25. The summed E-state index contributed by atoms with van der Waals surface area (Å²) in [5, 5.41) is 6.68. The van der Waals surface area contributed by atoms with E-state index in [0.717, 1.165) is 25.7 Å². The Labute approximate surface area is 110 Å².